The van der Waals surface area contributed by atoms with Crippen LogP contribution in [-0.4, -0.2) is 34.9 Å². The van der Waals surface area contributed by atoms with Gasteiger partial charge in [-0.3, -0.25) is 14.2 Å². The van der Waals surface area contributed by atoms with Crippen molar-refractivity contribution in [2.24, 2.45) is 5.92 Å². The quantitative estimate of drug-likeness (QED) is 0.383. The van der Waals surface area contributed by atoms with E-state index in [4.69, 9.17) is 4.74 Å². The zero-order chi connectivity index (χ0) is 22.2. The summed E-state index contributed by atoms with van der Waals surface area (Å²) in [6.07, 6.45) is 1.56. The van der Waals surface area contributed by atoms with Gasteiger partial charge in [-0.05, 0) is 42.5 Å². The molecule has 0 fully saturated rings. The van der Waals surface area contributed by atoms with Crippen LogP contribution in [0.3, 0.4) is 0 Å². The van der Waals surface area contributed by atoms with Crippen LogP contribution in [-0.2, 0) is 17.8 Å². The van der Waals surface area contributed by atoms with Crippen molar-refractivity contribution >= 4 is 28.6 Å². The summed E-state index contributed by atoms with van der Waals surface area (Å²) in [6.45, 7) is 5.36. The van der Waals surface area contributed by atoms with Crippen molar-refractivity contribution in [3.8, 4) is 5.75 Å². The molecule has 0 unspecified atom stereocenters. The van der Waals surface area contributed by atoms with Crippen LogP contribution in [0, 0.1) is 5.92 Å². The molecule has 6 nitrogen and oxygen atoms in total. The number of rotatable bonds is 10. The van der Waals surface area contributed by atoms with Crippen molar-refractivity contribution in [2.45, 2.75) is 38.4 Å². The van der Waals surface area contributed by atoms with Gasteiger partial charge in [-0.1, -0.05) is 55.9 Å². The molecule has 3 aromatic rings. The Morgan fingerprint density at radius 1 is 1.16 bits per heavy atom. The Kier molecular flexibility index (Phi) is 8.12. The molecule has 1 amide bonds. The molecule has 1 N–H and O–H groups in total. The Hall–Kier alpha value is -2.80. The maximum atomic E-state index is 13.0. The molecule has 0 saturated carbocycles. The topological polar surface area (TPSA) is 73.2 Å². The number of carbonyl (C=O) groups is 1. The minimum absolute atomic E-state index is 0.0506. The molecule has 2 aromatic carbocycles. The fourth-order valence-corrected chi connectivity index (χ4v) is 4.12. The number of hydrogen-bond donors (Lipinski definition) is 1. The van der Waals surface area contributed by atoms with Crippen LogP contribution in [0.1, 0.15) is 25.8 Å². The van der Waals surface area contributed by atoms with Crippen LogP contribution in [0.4, 0.5) is 0 Å². The van der Waals surface area contributed by atoms with E-state index in [9.17, 15) is 9.59 Å². The summed E-state index contributed by atoms with van der Waals surface area (Å²) in [6, 6.07) is 15.1. The fourth-order valence-electron chi connectivity index (χ4n) is 3.27. The third-order valence-electron chi connectivity index (χ3n) is 5.00. The SMILES string of the molecule is COc1ccccc1CCNC(=O)CSc1nc2ccccc2c(=O)n1CCC(C)C. The van der Waals surface area contributed by atoms with Crippen LogP contribution in [0.15, 0.2) is 58.5 Å². The molecule has 0 aliphatic heterocycles. The largest absolute Gasteiger partial charge is 0.496 e. The molecule has 164 valence electrons. The van der Waals surface area contributed by atoms with Gasteiger partial charge in [0.05, 0.1) is 23.8 Å². The molecule has 0 spiro atoms. The Morgan fingerprint density at radius 2 is 1.90 bits per heavy atom. The normalized spacial score (nSPS) is 11.1. The number of para-hydroxylation sites is 2. The highest BCUT2D eigenvalue weighted by Gasteiger charge is 2.14. The number of fused-ring (bicyclic) bond motifs is 1. The Bertz CT molecular complexity index is 1090. The number of nitrogens with zero attached hydrogens (tertiary/aromatic N) is 2. The summed E-state index contributed by atoms with van der Waals surface area (Å²) in [5.74, 6) is 1.41. The molecular formula is C24H29N3O3S. The average Bonchev–Trinajstić information content (AvgIpc) is 2.77. The lowest BCUT2D eigenvalue weighted by Gasteiger charge is -2.14. The van der Waals surface area contributed by atoms with Gasteiger partial charge in [0.15, 0.2) is 5.16 Å². The smallest absolute Gasteiger partial charge is 0.262 e. The number of benzene rings is 2. The number of ether oxygens (including phenoxy) is 1. The van der Waals surface area contributed by atoms with Crippen molar-refractivity contribution in [3.63, 3.8) is 0 Å². The molecular weight excluding hydrogens is 410 g/mol. The van der Waals surface area contributed by atoms with Gasteiger partial charge in [0.25, 0.3) is 5.56 Å². The van der Waals surface area contributed by atoms with Gasteiger partial charge in [-0.2, -0.15) is 0 Å². The highest BCUT2D eigenvalue weighted by molar-refractivity contribution is 7.99. The molecule has 1 aromatic heterocycles. The number of nitrogens with one attached hydrogen (secondary N) is 1. The zero-order valence-corrected chi connectivity index (χ0v) is 19.1. The molecule has 31 heavy (non-hydrogen) atoms. The first-order valence-corrected chi connectivity index (χ1v) is 11.5. The maximum Gasteiger partial charge on any atom is 0.262 e. The summed E-state index contributed by atoms with van der Waals surface area (Å²) in [5, 5.41) is 4.14. The number of methoxy groups -OCH3 is 1. The summed E-state index contributed by atoms with van der Waals surface area (Å²) >= 11 is 1.30. The zero-order valence-electron chi connectivity index (χ0n) is 18.3. The van der Waals surface area contributed by atoms with Gasteiger partial charge >= 0.3 is 0 Å². The van der Waals surface area contributed by atoms with E-state index in [1.807, 2.05) is 42.5 Å². The molecule has 0 radical (unpaired) electrons. The van der Waals surface area contributed by atoms with E-state index in [1.165, 1.54) is 11.8 Å². The van der Waals surface area contributed by atoms with Crippen LogP contribution in [0.5, 0.6) is 5.75 Å². The molecule has 0 aliphatic carbocycles. The maximum absolute atomic E-state index is 13.0. The highest BCUT2D eigenvalue weighted by Crippen LogP contribution is 2.19. The summed E-state index contributed by atoms with van der Waals surface area (Å²) in [4.78, 5) is 30.1. The van der Waals surface area contributed by atoms with Gasteiger partial charge in [-0.15, -0.1) is 0 Å². The van der Waals surface area contributed by atoms with Crippen molar-refractivity contribution in [2.75, 3.05) is 19.4 Å². The van der Waals surface area contributed by atoms with Crippen molar-refractivity contribution in [1.29, 1.82) is 0 Å². The lowest BCUT2D eigenvalue weighted by molar-refractivity contribution is -0.118. The molecule has 1 heterocycles. The van der Waals surface area contributed by atoms with Crippen molar-refractivity contribution in [1.82, 2.24) is 14.9 Å². The number of aromatic nitrogens is 2. The monoisotopic (exact) mass is 439 g/mol. The minimum Gasteiger partial charge on any atom is -0.496 e. The molecule has 0 aliphatic rings. The lowest BCUT2D eigenvalue weighted by Crippen LogP contribution is -2.28. The molecule has 0 bridgehead atoms. The van der Waals surface area contributed by atoms with Crippen LogP contribution in [0.2, 0.25) is 0 Å². The number of carbonyl (C=O) groups excluding carboxylic acids is 1. The summed E-state index contributed by atoms with van der Waals surface area (Å²) < 4.78 is 7.05. The standard InChI is InChI=1S/C24H29N3O3S/c1-17(2)13-15-27-23(29)19-9-5-6-10-20(19)26-24(27)31-16-22(28)25-14-12-18-8-4-7-11-21(18)30-3/h4-11,17H,12-16H2,1-3H3,(H,25,28). The van der Waals surface area contributed by atoms with Gasteiger partial charge < -0.3 is 10.1 Å². The van der Waals surface area contributed by atoms with Crippen LogP contribution in [0.25, 0.3) is 10.9 Å². The van der Waals surface area contributed by atoms with E-state index in [0.717, 1.165) is 17.7 Å². The molecule has 0 atom stereocenters. The summed E-state index contributed by atoms with van der Waals surface area (Å²) in [7, 11) is 1.64. The van der Waals surface area contributed by atoms with E-state index in [1.54, 1.807) is 17.7 Å². The third-order valence-corrected chi connectivity index (χ3v) is 5.97. The van der Waals surface area contributed by atoms with Gasteiger partial charge in [0, 0.05) is 13.1 Å². The van der Waals surface area contributed by atoms with Gasteiger partial charge in [-0.25, -0.2) is 4.98 Å². The summed E-state index contributed by atoms with van der Waals surface area (Å²) in [5.41, 5.74) is 1.66. The molecule has 0 saturated heterocycles. The van der Waals surface area contributed by atoms with Gasteiger partial charge in [0.2, 0.25) is 5.91 Å². The van der Waals surface area contributed by atoms with E-state index in [2.05, 4.69) is 24.1 Å². The predicted octanol–water partition coefficient (Wildman–Crippen LogP) is 3.90. The van der Waals surface area contributed by atoms with E-state index >= 15 is 0 Å². The van der Waals surface area contributed by atoms with Crippen LogP contribution >= 0.6 is 11.8 Å². The number of hydrogen-bond acceptors (Lipinski definition) is 5. The minimum atomic E-state index is -0.0854. The van der Waals surface area contributed by atoms with E-state index in [-0.39, 0.29) is 17.2 Å². The first-order valence-electron chi connectivity index (χ1n) is 10.5. The Labute approximate surface area is 187 Å². The predicted molar refractivity (Wildman–Crippen MR) is 126 cm³/mol. The first kappa shape index (κ1) is 22.9. The van der Waals surface area contributed by atoms with Gasteiger partial charge in [0.1, 0.15) is 5.75 Å². The van der Waals surface area contributed by atoms with Crippen LogP contribution < -0.4 is 15.6 Å². The van der Waals surface area contributed by atoms with E-state index < -0.39 is 0 Å². The fraction of sp³-hybridized carbons (Fsp3) is 0.375. The second kappa shape index (κ2) is 11.0. The Morgan fingerprint density at radius 3 is 2.68 bits per heavy atom. The van der Waals surface area contributed by atoms with Crippen molar-refractivity contribution in [3.05, 3.63) is 64.4 Å². The first-order chi connectivity index (χ1) is 15.0. The van der Waals surface area contributed by atoms with Crippen molar-refractivity contribution < 1.29 is 9.53 Å². The Balaban J connectivity index is 1.65. The molecule has 7 heteroatoms. The molecule has 3 rings (SSSR count). The second-order valence-electron chi connectivity index (χ2n) is 7.75. The number of amides is 1. The third kappa shape index (κ3) is 6.10. The number of thioether (sulfide) groups is 1. The lowest BCUT2D eigenvalue weighted by atomic mass is 10.1. The highest BCUT2D eigenvalue weighted by atomic mass is 32.2. The van der Waals surface area contributed by atoms with E-state index in [0.29, 0.717) is 41.5 Å². The average molecular weight is 440 g/mol. The second-order valence-corrected chi connectivity index (χ2v) is 8.69.